The quantitative estimate of drug-likeness (QED) is 0.488. The fourth-order valence-corrected chi connectivity index (χ4v) is 3.40. The number of hydrogen-bond acceptors (Lipinski definition) is 4. The van der Waals surface area contributed by atoms with E-state index >= 15 is 0 Å². The molecule has 1 amide bonds. The topological polar surface area (TPSA) is 73.0 Å². The Balaban J connectivity index is 1.88. The molecule has 0 saturated heterocycles. The molecule has 4 aromatic rings. The van der Waals surface area contributed by atoms with Gasteiger partial charge in [-0.05, 0) is 52.0 Å². The van der Waals surface area contributed by atoms with Crippen LogP contribution in [0, 0.1) is 25.5 Å². The van der Waals surface area contributed by atoms with Crippen LogP contribution in [0.2, 0.25) is 0 Å². The van der Waals surface area contributed by atoms with Crippen molar-refractivity contribution in [2.24, 2.45) is 0 Å². The molecule has 3 heterocycles. The van der Waals surface area contributed by atoms with Crippen LogP contribution in [0.4, 0.5) is 14.5 Å². The van der Waals surface area contributed by atoms with E-state index < -0.39 is 17.5 Å². The molecule has 0 bridgehead atoms. The Hall–Kier alpha value is -3.55. The smallest absolute Gasteiger partial charge is 0.256 e. The zero-order valence-corrected chi connectivity index (χ0v) is 17.0. The first kappa shape index (κ1) is 19.8. The van der Waals surface area contributed by atoms with E-state index in [1.165, 1.54) is 12.1 Å². The average molecular weight is 410 g/mol. The third kappa shape index (κ3) is 3.34. The van der Waals surface area contributed by atoms with Crippen LogP contribution in [0.3, 0.4) is 0 Å². The molecule has 0 atom stereocenters. The molecule has 0 aliphatic carbocycles. The molecule has 1 N–H and O–H groups in total. The first-order chi connectivity index (χ1) is 14.3. The number of aromatic nitrogens is 3. The van der Waals surface area contributed by atoms with Gasteiger partial charge in [0.2, 0.25) is 0 Å². The van der Waals surface area contributed by atoms with Crippen molar-refractivity contribution in [3.05, 3.63) is 65.2 Å². The molecule has 4 rings (SSSR count). The van der Waals surface area contributed by atoms with E-state index in [2.05, 4.69) is 10.4 Å². The molecular formula is C22H20F2N4O2. The number of halogens is 2. The third-order valence-corrected chi connectivity index (χ3v) is 4.82. The summed E-state index contributed by atoms with van der Waals surface area (Å²) in [6.07, 6.45) is 1.55. The second-order valence-corrected chi connectivity index (χ2v) is 7.36. The predicted octanol–water partition coefficient (Wildman–Crippen LogP) is 5.42. The van der Waals surface area contributed by atoms with Gasteiger partial charge in [0, 0.05) is 11.6 Å². The molecule has 0 aliphatic heterocycles. The van der Waals surface area contributed by atoms with E-state index in [1.54, 1.807) is 16.9 Å². The summed E-state index contributed by atoms with van der Waals surface area (Å²) in [4.78, 5) is 17.8. The van der Waals surface area contributed by atoms with E-state index in [0.717, 1.165) is 17.4 Å². The molecule has 0 saturated carbocycles. The number of carbonyl (C=O) groups is 1. The Morgan fingerprint density at radius 2 is 1.97 bits per heavy atom. The number of aryl methyl sites for hydroxylation is 2. The molecule has 8 heteroatoms. The Morgan fingerprint density at radius 3 is 2.63 bits per heavy atom. The molecular weight excluding hydrogens is 390 g/mol. The highest BCUT2D eigenvalue weighted by molar-refractivity contribution is 6.12. The van der Waals surface area contributed by atoms with Gasteiger partial charge in [0.05, 0.1) is 28.5 Å². The van der Waals surface area contributed by atoms with Crippen LogP contribution in [0.15, 0.2) is 40.9 Å². The number of anilines is 1. The second kappa shape index (κ2) is 7.37. The molecule has 1 aromatic carbocycles. The number of furan rings is 1. The number of benzene rings is 1. The highest BCUT2D eigenvalue weighted by Crippen LogP contribution is 2.30. The lowest BCUT2D eigenvalue weighted by atomic mass is 10.1. The van der Waals surface area contributed by atoms with Crippen LogP contribution in [-0.2, 0) is 0 Å². The Bertz CT molecular complexity index is 1270. The van der Waals surface area contributed by atoms with Crippen molar-refractivity contribution in [1.82, 2.24) is 14.8 Å². The maximum Gasteiger partial charge on any atom is 0.256 e. The normalized spacial score (nSPS) is 11.4. The second-order valence-electron chi connectivity index (χ2n) is 7.36. The SMILES string of the molecule is Cc1cc(-c2cc(C(=O)Nc3cccc(F)c3F)c3cnn(C(C)C)c3n2)c(C)o1. The highest BCUT2D eigenvalue weighted by atomic mass is 19.2. The van der Waals surface area contributed by atoms with E-state index in [1.807, 2.05) is 33.8 Å². The number of rotatable bonds is 4. The van der Waals surface area contributed by atoms with Crippen molar-refractivity contribution in [2.45, 2.75) is 33.7 Å². The van der Waals surface area contributed by atoms with Crippen LogP contribution < -0.4 is 5.32 Å². The molecule has 3 aromatic heterocycles. The van der Waals surface area contributed by atoms with Crippen LogP contribution in [0.5, 0.6) is 0 Å². The van der Waals surface area contributed by atoms with Crippen LogP contribution in [0.1, 0.15) is 41.8 Å². The van der Waals surface area contributed by atoms with Gasteiger partial charge in [-0.1, -0.05) is 6.07 Å². The minimum Gasteiger partial charge on any atom is -0.466 e. The van der Waals surface area contributed by atoms with Crippen molar-refractivity contribution in [3.8, 4) is 11.3 Å². The standard InChI is InChI=1S/C22H20F2N4O2/c1-11(2)28-21-16(10-25-28)15(9-19(26-21)14-8-12(3)30-13(14)4)22(29)27-18-7-5-6-17(23)20(18)24/h5-11H,1-4H3,(H,27,29). The molecule has 0 unspecified atom stereocenters. The monoisotopic (exact) mass is 410 g/mol. The lowest BCUT2D eigenvalue weighted by Gasteiger charge is -2.11. The zero-order valence-electron chi connectivity index (χ0n) is 17.0. The van der Waals surface area contributed by atoms with Gasteiger partial charge in [0.1, 0.15) is 11.5 Å². The number of hydrogen-bond donors (Lipinski definition) is 1. The van der Waals surface area contributed by atoms with E-state index in [0.29, 0.717) is 22.5 Å². The van der Waals surface area contributed by atoms with Crippen molar-refractivity contribution in [2.75, 3.05) is 5.32 Å². The maximum atomic E-state index is 14.1. The Kier molecular flexibility index (Phi) is 4.85. The van der Waals surface area contributed by atoms with Crippen molar-refractivity contribution in [3.63, 3.8) is 0 Å². The van der Waals surface area contributed by atoms with Gasteiger partial charge < -0.3 is 9.73 Å². The van der Waals surface area contributed by atoms with Crippen LogP contribution in [-0.4, -0.2) is 20.7 Å². The number of fused-ring (bicyclic) bond motifs is 1. The first-order valence-electron chi connectivity index (χ1n) is 9.47. The lowest BCUT2D eigenvalue weighted by molar-refractivity contribution is 0.102. The van der Waals surface area contributed by atoms with E-state index in [-0.39, 0.29) is 17.3 Å². The summed E-state index contributed by atoms with van der Waals surface area (Å²) in [6, 6.07) is 7.08. The van der Waals surface area contributed by atoms with Crippen molar-refractivity contribution < 1.29 is 18.0 Å². The molecule has 0 fully saturated rings. The molecule has 0 spiro atoms. The maximum absolute atomic E-state index is 14.1. The predicted molar refractivity (Wildman–Crippen MR) is 109 cm³/mol. The highest BCUT2D eigenvalue weighted by Gasteiger charge is 2.21. The number of amides is 1. The van der Waals surface area contributed by atoms with E-state index in [9.17, 15) is 13.6 Å². The largest absolute Gasteiger partial charge is 0.466 e. The van der Waals surface area contributed by atoms with Gasteiger partial charge in [0.15, 0.2) is 17.3 Å². The summed E-state index contributed by atoms with van der Waals surface area (Å²) < 4.78 is 34.9. The minimum atomic E-state index is -1.12. The van der Waals surface area contributed by atoms with E-state index in [4.69, 9.17) is 9.40 Å². The number of carbonyl (C=O) groups excluding carboxylic acids is 1. The van der Waals surface area contributed by atoms with Gasteiger partial charge in [-0.2, -0.15) is 5.10 Å². The lowest BCUT2D eigenvalue weighted by Crippen LogP contribution is -2.15. The van der Waals surface area contributed by atoms with Gasteiger partial charge in [0.25, 0.3) is 5.91 Å². The zero-order chi connectivity index (χ0) is 21.6. The molecule has 30 heavy (non-hydrogen) atoms. The number of pyridine rings is 1. The Morgan fingerprint density at radius 1 is 1.20 bits per heavy atom. The number of nitrogens with zero attached hydrogens (tertiary/aromatic N) is 3. The van der Waals surface area contributed by atoms with Crippen LogP contribution >= 0.6 is 0 Å². The summed E-state index contributed by atoms with van der Waals surface area (Å²) in [5, 5.41) is 7.32. The summed E-state index contributed by atoms with van der Waals surface area (Å²) in [5.74, 6) is -1.36. The fourth-order valence-electron chi connectivity index (χ4n) is 3.40. The first-order valence-corrected chi connectivity index (χ1v) is 9.47. The molecule has 154 valence electrons. The van der Waals surface area contributed by atoms with Gasteiger partial charge in [-0.15, -0.1) is 0 Å². The molecule has 0 radical (unpaired) electrons. The van der Waals surface area contributed by atoms with Gasteiger partial charge >= 0.3 is 0 Å². The minimum absolute atomic E-state index is 0.00834. The fraction of sp³-hybridized carbons (Fsp3) is 0.227. The average Bonchev–Trinajstić information content (AvgIpc) is 3.27. The van der Waals surface area contributed by atoms with Crippen molar-refractivity contribution in [1.29, 1.82) is 0 Å². The summed E-state index contributed by atoms with van der Waals surface area (Å²) in [6.45, 7) is 7.55. The summed E-state index contributed by atoms with van der Waals surface area (Å²) in [7, 11) is 0. The third-order valence-electron chi connectivity index (χ3n) is 4.82. The van der Waals surface area contributed by atoms with Gasteiger partial charge in [-0.25, -0.2) is 18.4 Å². The molecule has 0 aliphatic rings. The summed E-state index contributed by atoms with van der Waals surface area (Å²) >= 11 is 0. The van der Waals surface area contributed by atoms with Crippen molar-refractivity contribution >= 4 is 22.6 Å². The molecule has 6 nitrogen and oxygen atoms in total. The Labute approximate surface area is 171 Å². The van der Waals surface area contributed by atoms with Crippen LogP contribution in [0.25, 0.3) is 22.3 Å². The number of nitrogens with one attached hydrogen (secondary N) is 1. The van der Waals surface area contributed by atoms with Gasteiger partial charge in [-0.3, -0.25) is 4.79 Å². The summed E-state index contributed by atoms with van der Waals surface area (Å²) in [5.41, 5.74) is 1.81.